The molecule has 4 N–H and O–H groups in total. The zero-order valence-corrected chi connectivity index (χ0v) is 11.9. The lowest BCUT2D eigenvalue weighted by Gasteiger charge is -2.16. The first kappa shape index (κ1) is 13.8. The van der Waals surface area contributed by atoms with Crippen LogP contribution >= 0.6 is 11.3 Å². The minimum absolute atomic E-state index is 0.186. The van der Waals surface area contributed by atoms with Crippen LogP contribution in [0.4, 0.5) is 4.39 Å². The Balaban J connectivity index is 2.09. The SMILES string of the molecule is O=c1[nH]c(=C2CCCNN2)sc1=Cc1ccc(F)cc1O. The van der Waals surface area contributed by atoms with E-state index in [1.165, 1.54) is 23.5 Å². The molecule has 0 bridgehead atoms. The largest absolute Gasteiger partial charge is 0.507 e. The molecule has 0 radical (unpaired) electrons. The van der Waals surface area contributed by atoms with E-state index in [1.54, 1.807) is 6.08 Å². The van der Waals surface area contributed by atoms with Gasteiger partial charge in [-0.25, -0.2) is 9.82 Å². The summed E-state index contributed by atoms with van der Waals surface area (Å²) in [5.74, 6) is -0.701. The van der Waals surface area contributed by atoms with Crippen molar-refractivity contribution >= 4 is 23.1 Å². The molecule has 0 aliphatic carbocycles. The number of nitrogens with one attached hydrogen (secondary N) is 3. The van der Waals surface area contributed by atoms with Crippen LogP contribution in [0.15, 0.2) is 23.0 Å². The Kier molecular flexibility index (Phi) is 3.76. The zero-order chi connectivity index (χ0) is 14.8. The molecule has 2 heterocycles. The molecule has 0 atom stereocenters. The van der Waals surface area contributed by atoms with Gasteiger partial charge in [0.25, 0.3) is 5.56 Å². The number of thiazole rings is 1. The summed E-state index contributed by atoms with van der Waals surface area (Å²) in [6, 6.07) is 3.71. The lowest BCUT2D eigenvalue weighted by molar-refractivity contribution is 0.468. The van der Waals surface area contributed by atoms with Crippen LogP contribution in [-0.2, 0) is 0 Å². The van der Waals surface area contributed by atoms with Gasteiger partial charge >= 0.3 is 0 Å². The first-order valence-electron chi connectivity index (χ1n) is 6.55. The summed E-state index contributed by atoms with van der Waals surface area (Å²) in [5, 5.41) is 9.69. The van der Waals surface area contributed by atoms with Crippen LogP contribution in [0.5, 0.6) is 5.75 Å². The van der Waals surface area contributed by atoms with E-state index in [1.807, 2.05) is 0 Å². The highest BCUT2D eigenvalue weighted by molar-refractivity contribution is 7.07. The van der Waals surface area contributed by atoms with Gasteiger partial charge in [0.05, 0.1) is 10.2 Å². The second-order valence-electron chi connectivity index (χ2n) is 4.73. The van der Waals surface area contributed by atoms with Crippen LogP contribution in [0.25, 0.3) is 11.8 Å². The number of phenolic OH excluding ortho intramolecular Hbond substituents is 1. The van der Waals surface area contributed by atoms with Crippen molar-refractivity contribution in [1.29, 1.82) is 0 Å². The molecule has 1 aromatic carbocycles. The fourth-order valence-electron chi connectivity index (χ4n) is 2.11. The van der Waals surface area contributed by atoms with Crippen LogP contribution in [0.1, 0.15) is 18.4 Å². The van der Waals surface area contributed by atoms with Crippen molar-refractivity contribution in [1.82, 2.24) is 15.8 Å². The van der Waals surface area contributed by atoms with Crippen LogP contribution < -0.4 is 25.6 Å². The predicted octanol–water partition coefficient (Wildman–Crippen LogP) is 0.106. The average molecular weight is 307 g/mol. The quantitative estimate of drug-likeness (QED) is 0.603. The number of aromatic nitrogens is 1. The van der Waals surface area contributed by atoms with E-state index in [4.69, 9.17) is 0 Å². The molecule has 1 saturated heterocycles. The number of hydrazine groups is 1. The molecule has 1 aliphatic heterocycles. The lowest BCUT2D eigenvalue weighted by Crippen LogP contribution is -2.38. The number of benzene rings is 1. The Bertz CT molecular complexity index is 833. The molecule has 0 spiro atoms. The molecule has 21 heavy (non-hydrogen) atoms. The third kappa shape index (κ3) is 2.98. The molecule has 2 aromatic rings. The molecular weight excluding hydrogens is 293 g/mol. The molecule has 1 aliphatic rings. The van der Waals surface area contributed by atoms with Crippen molar-refractivity contribution in [3.63, 3.8) is 0 Å². The summed E-state index contributed by atoms with van der Waals surface area (Å²) in [5.41, 5.74) is 7.22. The highest BCUT2D eigenvalue weighted by Crippen LogP contribution is 2.18. The monoisotopic (exact) mass is 307 g/mol. The van der Waals surface area contributed by atoms with Crippen LogP contribution in [-0.4, -0.2) is 16.6 Å². The van der Waals surface area contributed by atoms with E-state index in [2.05, 4.69) is 15.8 Å². The van der Waals surface area contributed by atoms with Crippen molar-refractivity contribution in [3.8, 4) is 5.75 Å². The summed E-state index contributed by atoms with van der Waals surface area (Å²) in [7, 11) is 0. The number of phenols is 1. The molecule has 1 fully saturated rings. The Hall–Kier alpha value is -2.12. The summed E-state index contributed by atoms with van der Waals surface area (Å²) in [6.45, 7) is 0.890. The van der Waals surface area contributed by atoms with Gasteiger partial charge in [0.2, 0.25) is 0 Å². The van der Waals surface area contributed by atoms with Gasteiger partial charge in [0, 0.05) is 18.2 Å². The first-order valence-corrected chi connectivity index (χ1v) is 7.36. The van der Waals surface area contributed by atoms with E-state index >= 15 is 0 Å². The van der Waals surface area contributed by atoms with Gasteiger partial charge in [0.1, 0.15) is 16.2 Å². The van der Waals surface area contributed by atoms with Crippen molar-refractivity contribution in [2.45, 2.75) is 12.8 Å². The molecule has 0 amide bonds. The molecule has 0 saturated carbocycles. The smallest absolute Gasteiger partial charge is 0.266 e. The van der Waals surface area contributed by atoms with Crippen LogP contribution in [0.3, 0.4) is 0 Å². The molecule has 0 unspecified atom stereocenters. The lowest BCUT2D eigenvalue weighted by atomic mass is 10.2. The van der Waals surface area contributed by atoms with E-state index in [0.29, 0.717) is 10.1 Å². The number of hydrogen-bond acceptors (Lipinski definition) is 5. The van der Waals surface area contributed by atoms with Gasteiger partial charge in [-0.15, -0.1) is 11.3 Å². The maximum atomic E-state index is 13.0. The number of aromatic hydroxyl groups is 1. The average Bonchev–Trinajstić information content (AvgIpc) is 2.84. The van der Waals surface area contributed by atoms with Gasteiger partial charge in [0.15, 0.2) is 0 Å². The maximum absolute atomic E-state index is 13.0. The molecule has 7 heteroatoms. The van der Waals surface area contributed by atoms with Gasteiger partial charge in [-0.1, -0.05) is 0 Å². The third-order valence-corrected chi connectivity index (χ3v) is 4.26. The molecule has 110 valence electrons. The van der Waals surface area contributed by atoms with Crippen LogP contribution in [0.2, 0.25) is 0 Å². The fraction of sp³-hybridized carbons (Fsp3) is 0.214. The third-order valence-electron chi connectivity index (χ3n) is 3.18. The Morgan fingerprint density at radius 1 is 1.38 bits per heavy atom. The number of hydrogen-bond donors (Lipinski definition) is 4. The van der Waals surface area contributed by atoms with E-state index < -0.39 is 5.82 Å². The van der Waals surface area contributed by atoms with E-state index in [9.17, 15) is 14.3 Å². The summed E-state index contributed by atoms with van der Waals surface area (Å²) in [4.78, 5) is 14.8. The van der Waals surface area contributed by atoms with E-state index in [-0.39, 0.29) is 11.3 Å². The topological polar surface area (TPSA) is 77.2 Å². The molecular formula is C14H14FN3O2S. The minimum atomic E-state index is -0.515. The zero-order valence-electron chi connectivity index (χ0n) is 11.1. The minimum Gasteiger partial charge on any atom is -0.507 e. The highest BCUT2D eigenvalue weighted by Gasteiger charge is 2.07. The number of aromatic amines is 1. The van der Waals surface area contributed by atoms with Crippen molar-refractivity contribution in [2.75, 3.05) is 6.54 Å². The fourth-order valence-corrected chi connectivity index (χ4v) is 3.08. The second-order valence-corrected chi connectivity index (χ2v) is 5.78. The van der Waals surface area contributed by atoms with Crippen molar-refractivity contribution in [2.24, 2.45) is 0 Å². The Morgan fingerprint density at radius 3 is 2.95 bits per heavy atom. The van der Waals surface area contributed by atoms with Crippen molar-refractivity contribution in [3.05, 3.63) is 49.1 Å². The maximum Gasteiger partial charge on any atom is 0.266 e. The summed E-state index contributed by atoms with van der Waals surface area (Å²) < 4.78 is 14.2. The van der Waals surface area contributed by atoms with E-state index in [0.717, 1.165) is 35.8 Å². The van der Waals surface area contributed by atoms with Gasteiger partial charge < -0.3 is 15.5 Å². The molecule has 3 rings (SSSR count). The molecule has 1 aromatic heterocycles. The van der Waals surface area contributed by atoms with Gasteiger partial charge in [-0.3, -0.25) is 4.79 Å². The van der Waals surface area contributed by atoms with Crippen molar-refractivity contribution < 1.29 is 9.50 Å². The van der Waals surface area contributed by atoms with Gasteiger partial charge in [-0.05, 0) is 31.1 Å². The molecule has 5 nitrogen and oxygen atoms in total. The standard InChI is InChI=1S/C14H14FN3O2S/c15-9-4-3-8(11(19)7-9)6-12-13(20)17-14(21-12)10-2-1-5-16-18-10/h3-4,6-7,16,18-19H,1-2,5H2,(H,17,20). The summed E-state index contributed by atoms with van der Waals surface area (Å²) >= 11 is 1.31. The summed E-state index contributed by atoms with van der Waals surface area (Å²) in [6.07, 6.45) is 3.42. The highest BCUT2D eigenvalue weighted by atomic mass is 32.1. The van der Waals surface area contributed by atoms with Gasteiger partial charge in [-0.2, -0.15) is 0 Å². The first-order chi connectivity index (χ1) is 10.1. The number of halogens is 1. The second kappa shape index (κ2) is 5.71. The Labute approximate surface area is 123 Å². The normalized spacial score (nSPS) is 18.6. The predicted molar refractivity (Wildman–Crippen MR) is 79.6 cm³/mol. The number of rotatable bonds is 1. The Morgan fingerprint density at radius 2 is 2.24 bits per heavy atom. The number of H-pyrrole nitrogens is 1. The van der Waals surface area contributed by atoms with Crippen LogP contribution in [0, 0.1) is 5.82 Å².